The van der Waals surface area contributed by atoms with Gasteiger partial charge in [0.05, 0.1) is 22.1 Å². The van der Waals surface area contributed by atoms with Gasteiger partial charge in [0.15, 0.2) is 0 Å². The first-order valence-electron chi connectivity index (χ1n) is 8.94. The quantitative estimate of drug-likeness (QED) is 0.304. The highest BCUT2D eigenvalue weighted by Gasteiger charge is 2.14. The number of aromatic nitrogens is 4. The maximum absolute atomic E-state index is 5.92. The smallest absolute Gasteiger partial charge is 0.277 e. The Morgan fingerprint density at radius 3 is 2.39 bits per heavy atom. The van der Waals surface area contributed by atoms with E-state index in [-0.39, 0.29) is 0 Å². The van der Waals surface area contributed by atoms with Crippen LogP contribution in [-0.4, -0.2) is 20.2 Å². The highest BCUT2D eigenvalue weighted by Crippen LogP contribution is 2.30. The van der Waals surface area contributed by atoms with Crippen molar-refractivity contribution in [3.63, 3.8) is 0 Å². The average Bonchev–Trinajstić information content (AvgIpc) is 3.20. The van der Waals surface area contributed by atoms with Crippen LogP contribution in [-0.2, 0) is 5.75 Å². The molecule has 0 amide bonds. The summed E-state index contributed by atoms with van der Waals surface area (Å²) in [7, 11) is 0. The fourth-order valence-electron chi connectivity index (χ4n) is 3.10. The topological polar surface area (TPSA) is 64.7 Å². The van der Waals surface area contributed by atoms with Crippen LogP contribution in [0.15, 0.2) is 76.4 Å². The van der Waals surface area contributed by atoms with Gasteiger partial charge in [-0.1, -0.05) is 54.2 Å². The summed E-state index contributed by atoms with van der Waals surface area (Å²) in [5.74, 6) is 1.25. The standard InChI is InChI=1S/C22H16N4OS/c1-14-7-2-3-8-15(14)13-28-22-26-25-21(27-22)16-9-6-12-19-20(16)24-18-11-5-4-10-17(18)23-19/h2-12H,13H2,1H3. The Bertz CT molecular complexity index is 1300. The molecule has 0 aliphatic carbocycles. The van der Waals surface area contributed by atoms with E-state index in [0.717, 1.165) is 33.4 Å². The minimum Gasteiger partial charge on any atom is -0.411 e. The summed E-state index contributed by atoms with van der Waals surface area (Å²) in [5.41, 5.74) is 6.60. The minimum atomic E-state index is 0.461. The molecule has 0 N–H and O–H groups in total. The van der Waals surface area contributed by atoms with Crippen LogP contribution in [0.5, 0.6) is 0 Å². The molecule has 6 heteroatoms. The van der Waals surface area contributed by atoms with Gasteiger partial charge in [-0.05, 0) is 42.3 Å². The molecule has 2 aromatic heterocycles. The Morgan fingerprint density at radius 1 is 0.786 bits per heavy atom. The van der Waals surface area contributed by atoms with Crippen LogP contribution in [0, 0.1) is 6.92 Å². The molecule has 5 nitrogen and oxygen atoms in total. The summed E-state index contributed by atoms with van der Waals surface area (Å²) in [4.78, 5) is 9.47. The van der Waals surface area contributed by atoms with E-state index in [1.807, 2.05) is 54.6 Å². The molecule has 0 aliphatic heterocycles. The van der Waals surface area contributed by atoms with Gasteiger partial charge in [-0.15, -0.1) is 10.2 Å². The van der Waals surface area contributed by atoms with Crippen LogP contribution < -0.4 is 0 Å². The SMILES string of the molecule is Cc1ccccc1CSc1nnc(-c2cccc3nc4ccccc4nc23)o1. The molecule has 0 saturated heterocycles. The highest BCUT2D eigenvalue weighted by molar-refractivity contribution is 7.98. The Labute approximate surface area is 165 Å². The van der Waals surface area contributed by atoms with E-state index < -0.39 is 0 Å². The molecule has 0 atom stereocenters. The molecule has 5 rings (SSSR count). The predicted octanol–water partition coefficient (Wildman–Crippen LogP) is 5.43. The molecule has 0 aliphatic rings. The first-order chi connectivity index (χ1) is 13.8. The third-order valence-corrected chi connectivity index (χ3v) is 5.49. The number of hydrogen-bond acceptors (Lipinski definition) is 6. The van der Waals surface area contributed by atoms with Gasteiger partial charge in [-0.25, -0.2) is 9.97 Å². The molecule has 0 bridgehead atoms. The van der Waals surface area contributed by atoms with Gasteiger partial charge in [0.1, 0.15) is 5.52 Å². The third-order valence-electron chi connectivity index (χ3n) is 4.62. The maximum atomic E-state index is 5.92. The molecule has 0 saturated carbocycles. The van der Waals surface area contributed by atoms with E-state index in [9.17, 15) is 0 Å². The molecule has 2 heterocycles. The van der Waals surface area contributed by atoms with Gasteiger partial charge in [0, 0.05) is 5.75 Å². The zero-order valence-electron chi connectivity index (χ0n) is 15.2. The van der Waals surface area contributed by atoms with E-state index in [1.54, 1.807) is 0 Å². The van der Waals surface area contributed by atoms with Crippen LogP contribution in [0.4, 0.5) is 0 Å². The summed E-state index contributed by atoms with van der Waals surface area (Å²) in [5, 5.41) is 9.00. The number of aryl methyl sites for hydroxylation is 1. The molecule has 3 aromatic carbocycles. The summed E-state index contributed by atoms with van der Waals surface area (Å²) in [6, 6.07) is 22.0. The Hall–Kier alpha value is -3.25. The van der Waals surface area contributed by atoms with Crippen molar-refractivity contribution in [3.8, 4) is 11.5 Å². The van der Waals surface area contributed by atoms with Crippen molar-refractivity contribution in [2.24, 2.45) is 0 Å². The largest absolute Gasteiger partial charge is 0.411 e. The van der Waals surface area contributed by atoms with E-state index >= 15 is 0 Å². The van der Waals surface area contributed by atoms with Gasteiger partial charge < -0.3 is 4.42 Å². The van der Waals surface area contributed by atoms with Gasteiger partial charge in [-0.2, -0.15) is 0 Å². The Balaban J connectivity index is 1.49. The van der Waals surface area contributed by atoms with Crippen LogP contribution in [0.2, 0.25) is 0 Å². The molecule has 0 fully saturated rings. The van der Waals surface area contributed by atoms with Crippen LogP contribution >= 0.6 is 11.8 Å². The van der Waals surface area contributed by atoms with E-state index in [0.29, 0.717) is 11.1 Å². The lowest BCUT2D eigenvalue weighted by molar-refractivity contribution is 0.466. The fraction of sp³-hybridized carbons (Fsp3) is 0.0909. The fourth-order valence-corrected chi connectivity index (χ4v) is 3.94. The zero-order valence-corrected chi connectivity index (χ0v) is 16.0. The molecule has 0 radical (unpaired) electrons. The Kier molecular flexibility index (Phi) is 4.25. The average molecular weight is 384 g/mol. The van der Waals surface area contributed by atoms with Crippen molar-refractivity contribution >= 4 is 33.8 Å². The van der Waals surface area contributed by atoms with Crippen molar-refractivity contribution in [2.75, 3.05) is 0 Å². The second kappa shape index (κ2) is 7.05. The summed E-state index contributed by atoms with van der Waals surface area (Å²) in [6.07, 6.45) is 0. The van der Waals surface area contributed by atoms with Crippen molar-refractivity contribution in [1.29, 1.82) is 0 Å². The van der Waals surface area contributed by atoms with Crippen molar-refractivity contribution in [1.82, 2.24) is 20.2 Å². The van der Waals surface area contributed by atoms with Crippen LogP contribution in [0.1, 0.15) is 11.1 Å². The molecule has 0 spiro atoms. The van der Waals surface area contributed by atoms with Crippen LogP contribution in [0.3, 0.4) is 0 Å². The third kappa shape index (κ3) is 3.12. The number of nitrogens with zero attached hydrogens (tertiary/aromatic N) is 4. The lowest BCUT2D eigenvalue weighted by Gasteiger charge is -2.04. The molecule has 136 valence electrons. The second-order valence-corrected chi connectivity index (χ2v) is 7.40. The van der Waals surface area contributed by atoms with E-state index in [4.69, 9.17) is 14.4 Å². The van der Waals surface area contributed by atoms with Gasteiger partial charge in [0.2, 0.25) is 0 Å². The molecular weight excluding hydrogens is 368 g/mol. The summed E-state index contributed by atoms with van der Waals surface area (Å²) < 4.78 is 5.92. The second-order valence-electron chi connectivity index (χ2n) is 6.47. The summed E-state index contributed by atoms with van der Waals surface area (Å²) >= 11 is 1.53. The first kappa shape index (κ1) is 16.9. The van der Waals surface area contributed by atoms with Crippen molar-refractivity contribution < 1.29 is 4.42 Å². The molecule has 28 heavy (non-hydrogen) atoms. The number of fused-ring (bicyclic) bond motifs is 2. The zero-order chi connectivity index (χ0) is 18.9. The highest BCUT2D eigenvalue weighted by atomic mass is 32.2. The Morgan fingerprint density at radius 2 is 1.54 bits per heavy atom. The summed E-state index contributed by atoms with van der Waals surface area (Å²) in [6.45, 7) is 2.11. The lowest BCUT2D eigenvalue weighted by Crippen LogP contribution is -1.90. The van der Waals surface area contributed by atoms with Crippen molar-refractivity contribution in [3.05, 3.63) is 77.9 Å². The molecular formula is C22H16N4OS. The number of thioether (sulfide) groups is 1. The molecule has 5 aromatic rings. The number of benzene rings is 3. The maximum Gasteiger partial charge on any atom is 0.277 e. The monoisotopic (exact) mass is 384 g/mol. The van der Waals surface area contributed by atoms with E-state index in [1.165, 1.54) is 22.9 Å². The van der Waals surface area contributed by atoms with Gasteiger partial charge in [-0.3, -0.25) is 0 Å². The molecule has 0 unspecified atom stereocenters. The van der Waals surface area contributed by atoms with Gasteiger partial charge >= 0.3 is 0 Å². The lowest BCUT2D eigenvalue weighted by atomic mass is 10.1. The number of para-hydroxylation sites is 3. The number of hydrogen-bond donors (Lipinski definition) is 0. The van der Waals surface area contributed by atoms with Crippen molar-refractivity contribution in [2.45, 2.75) is 17.9 Å². The van der Waals surface area contributed by atoms with E-state index in [2.05, 4.69) is 29.3 Å². The number of rotatable bonds is 4. The predicted molar refractivity (Wildman–Crippen MR) is 111 cm³/mol. The normalized spacial score (nSPS) is 11.3. The minimum absolute atomic E-state index is 0.461. The van der Waals surface area contributed by atoms with Crippen LogP contribution in [0.25, 0.3) is 33.5 Å². The van der Waals surface area contributed by atoms with Gasteiger partial charge in [0.25, 0.3) is 11.1 Å². The first-order valence-corrected chi connectivity index (χ1v) is 9.93.